The summed E-state index contributed by atoms with van der Waals surface area (Å²) in [6.45, 7) is 7.51. The predicted molar refractivity (Wildman–Crippen MR) is 106 cm³/mol. The summed E-state index contributed by atoms with van der Waals surface area (Å²) in [6, 6.07) is 9.39. The van der Waals surface area contributed by atoms with Crippen LogP contribution in [-0.4, -0.2) is 17.7 Å². The van der Waals surface area contributed by atoms with Gasteiger partial charge in [0.1, 0.15) is 5.75 Å². The number of ether oxygens (including phenoxy) is 2. The molecule has 0 spiro atoms. The third-order valence-corrected chi connectivity index (χ3v) is 3.59. The first kappa shape index (κ1) is 22.2. The Hall–Kier alpha value is -1.88. The number of halogens is 3. The molecule has 0 unspecified atom stereocenters. The van der Waals surface area contributed by atoms with E-state index in [1.165, 1.54) is 6.07 Å². The number of carbonyl (C=O) groups is 1. The minimum absolute atomic E-state index is 0.0523. The molecule has 0 saturated carbocycles. The highest BCUT2D eigenvalue weighted by Crippen LogP contribution is 2.36. The SMILES string of the molecule is C=C(C)C(=O)OCCC.Oc1cc(Cl)ccc1Oc1ccc(Cl)cc1Cl. The minimum atomic E-state index is -0.295. The first-order valence-corrected chi connectivity index (χ1v) is 8.82. The van der Waals surface area contributed by atoms with Crippen LogP contribution in [0.4, 0.5) is 0 Å². The molecule has 7 heteroatoms. The van der Waals surface area contributed by atoms with Gasteiger partial charge in [-0.05, 0) is 43.7 Å². The van der Waals surface area contributed by atoms with E-state index in [4.69, 9.17) is 44.3 Å². The molecule has 0 atom stereocenters. The first-order chi connectivity index (χ1) is 12.2. The van der Waals surface area contributed by atoms with Gasteiger partial charge in [0.25, 0.3) is 0 Å². The van der Waals surface area contributed by atoms with Crippen molar-refractivity contribution >= 4 is 40.8 Å². The van der Waals surface area contributed by atoms with Crippen LogP contribution in [0.2, 0.25) is 15.1 Å². The molecular formula is C19H19Cl3O4. The van der Waals surface area contributed by atoms with Gasteiger partial charge in [0.2, 0.25) is 0 Å². The number of carbonyl (C=O) groups excluding carboxylic acids is 1. The van der Waals surface area contributed by atoms with Crippen LogP contribution >= 0.6 is 34.8 Å². The zero-order valence-electron chi connectivity index (χ0n) is 14.4. The van der Waals surface area contributed by atoms with E-state index in [-0.39, 0.29) is 17.5 Å². The van der Waals surface area contributed by atoms with E-state index in [0.717, 1.165) is 6.42 Å². The maximum absolute atomic E-state index is 10.6. The van der Waals surface area contributed by atoms with Crippen molar-refractivity contribution in [2.75, 3.05) is 6.61 Å². The van der Waals surface area contributed by atoms with E-state index in [1.807, 2.05) is 6.92 Å². The van der Waals surface area contributed by atoms with Crippen LogP contribution in [-0.2, 0) is 9.53 Å². The molecule has 1 N–H and O–H groups in total. The molecule has 0 heterocycles. The van der Waals surface area contributed by atoms with Crippen molar-refractivity contribution in [1.29, 1.82) is 0 Å². The molecule has 2 rings (SSSR count). The quantitative estimate of drug-likeness (QED) is 0.436. The second-order valence-corrected chi connectivity index (χ2v) is 6.49. The second-order valence-electron chi connectivity index (χ2n) is 5.21. The van der Waals surface area contributed by atoms with Gasteiger partial charge < -0.3 is 14.6 Å². The van der Waals surface area contributed by atoms with Crippen molar-refractivity contribution in [3.63, 3.8) is 0 Å². The smallest absolute Gasteiger partial charge is 0.333 e. The van der Waals surface area contributed by atoms with Gasteiger partial charge in [-0.1, -0.05) is 48.3 Å². The molecule has 2 aromatic rings. The highest BCUT2D eigenvalue weighted by Gasteiger charge is 2.08. The number of hydrogen-bond donors (Lipinski definition) is 1. The molecule has 26 heavy (non-hydrogen) atoms. The number of benzene rings is 2. The maximum Gasteiger partial charge on any atom is 0.333 e. The Labute approximate surface area is 167 Å². The molecule has 0 aromatic heterocycles. The molecule has 2 aromatic carbocycles. The molecule has 0 saturated heterocycles. The van der Waals surface area contributed by atoms with Crippen molar-refractivity contribution in [2.45, 2.75) is 20.3 Å². The van der Waals surface area contributed by atoms with Crippen LogP contribution in [0.25, 0.3) is 0 Å². The maximum atomic E-state index is 10.6. The van der Waals surface area contributed by atoms with Crippen LogP contribution in [0, 0.1) is 0 Å². The molecule has 140 valence electrons. The highest BCUT2D eigenvalue weighted by molar-refractivity contribution is 6.35. The van der Waals surface area contributed by atoms with Gasteiger partial charge in [0, 0.05) is 21.7 Å². The van der Waals surface area contributed by atoms with Gasteiger partial charge in [-0.25, -0.2) is 4.79 Å². The molecule has 0 aliphatic carbocycles. The topological polar surface area (TPSA) is 55.8 Å². The molecule has 0 radical (unpaired) electrons. The molecule has 0 amide bonds. The van der Waals surface area contributed by atoms with E-state index >= 15 is 0 Å². The van der Waals surface area contributed by atoms with Crippen LogP contribution in [0.15, 0.2) is 48.6 Å². The summed E-state index contributed by atoms with van der Waals surface area (Å²) >= 11 is 17.4. The summed E-state index contributed by atoms with van der Waals surface area (Å²) in [5.41, 5.74) is 0.462. The lowest BCUT2D eigenvalue weighted by Crippen LogP contribution is -2.04. The van der Waals surface area contributed by atoms with Gasteiger partial charge in [0.15, 0.2) is 11.5 Å². The largest absolute Gasteiger partial charge is 0.504 e. The summed E-state index contributed by atoms with van der Waals surface area (Å²) in [4.78, 5) is 10.6. The number of aromatic hydroxyl groups is 1. The average molecular weight is 418 g/mol. The third-order valence-electron chi connectivity index (χ3n) is 2.82. The molecule has 0 fully saturated rings. The predicted octanol–water partition coefficient (Wildman–Crippen LogP) is 6.66. The van der Waals surface area contributed by atoms with E-state index in [0.29, 0.717) is 33.0 Å². The molecular weight excluding hydrogens is 399 g/mol. The minimum Gasteiger partial charge on any atom is -0.504 e. The molecule has 4 nitrogen and oxygen atoms in total. The lowest BCUT2D eigenvalue weighted by Gasteiger charge is -2.09. The van der Waals surface area contributed by atoms with Gasteiger partial charge >= 0.3 is 5.97 Å². The number of esters is 1. The third kappa shape index (κ3) is 7.56. The van der Waals surface area contributed by atoms with Crippen LogP contribution in [0.1, 0.15) is 20.3 Å². The number of phenols is 1. The van der Waals surface area contributed by atoms with Gasteiger partial charge in [-0.15, -0.1) is 0 Å². The van der Waals surface area contributed by atoms with Crippen molar-refractivity contribution in [3.8, 4) is 17.2 Å². The van der Waals surface area contributed by atoms with Gasteiger partial charge in [-0.3, -0.25) is 0 Å². The van der Waals surface area contributed by atoms with E-state index < -0.39 is 0 Å². The Morgan fingerprint density at radius 3 is 2.15 bits per heavy atom. The number of hydrogen-bond acceptors (Lipinski definition) is 4. The van der Waals surface area contributed by atoms with Crippen molar-refractivity contribution in [1.82, 2.24) is 0 Å². The van der Waals surface area contributed by atoms with Crippen LogP contribution < -0.4 is 4.74 Å². The van der Waals surface area contributed by atoms with E-state index in [1.54, 1.807) is 37.3 Å². The fourth-order valence-corrected chi connectivity index (χ4v) is 2.18. The standard InChI is InChI=1S/C12H7Cl3O2.C7H12O2/c13-7-1-3-11(9(15)5-7)17-12-4-2-8(14)6-10(12)16;1-4-5-9-7(8)6(2)3/h1-6,16H;2,4-5H2,1,3H3. The monoisotopic (exact) mass is 416 g/mol. The number of phenolic OH excluding ortho intramolecular Hbond substituents is 1. The Bertz CT molecular complexity index is 726. The zero-order chi connectivity index (χ0) is 19.7. The summed E-state index contributed by atoms with van der Waals surface area (Å²) in [6.07, 6.45) is 0.860. The molecule has 0 aliphatic heterocycles. The number of rotatable bonds is 5. The molecule has 0 bridgehead atoms. The van der Waals surface area contributed by atoms with E-state index in [9.17, 15) is 9.90 Å². The van der Waals surface area contributed by atoms with Crippen LogP contribution in [0.5, 0.6) is 17.2 Å². The first-order valence-electron chi connectivity index (χ1n) is 7.68. The van der Waals surface area contributed by atoms with Gasteiger partial charge in [-0.2, -0.15) is 0 Å². The Balaban J connectivity index is 0.000000321. The normalized spacial score (nSPS) is 9.73. The lowest BCUT2D eigenvalue weighted by molar-refractivity contribution is -0.138. The highest BCUT2D eigenvalue weighted by atomic mass is 35.5. The Morgan fingerprint density at radius 2 is 1.65 bits per heavy atom. The van der Waals surface area contributed by atoms with Crippen molar-refractivity contribution in [3.05, 3.63) is 63.6 Å². The summed E-state index contributed by atoms with van der Waals surface area (Å²) < 4.78 is 10.2. The zero-order valence-corrected chi connectivity index (χ0v) is 16.7. The summed E-state index contributed by atoms with van der Waals surface area (Å²) in [5.74, 6) is 0.340. The van der Waals surface area contributed by atoms with Crippen molar-refractivity contribution < 1.29 is 19.4 Å². The fourth-order valence-electron chi connectivity index (χ4n) is 1.57. The van der Waals surface area contributed by atoms with E-state index in [2.05, 4.69) is 6.58 Å². The van der Waals surface area contributed by atoms with Gasteiger partial charge in [0.05, 0.1) is 11.6 Å². The lowest BCUT2D eigenvalue weighted by atomic mass is 10.3. The summed E-state index contributed by atoms with van der Waals surface area (Å²) in [5, 5.41) is 10.9. The summed E-state index contributed by atoms with van der Waals surface area (Å²) in [7, 11) is 0. The fraction of sp³-hybridized carbons (Fsp3) is 0.211. The molecule has 0 aliphatic rings. The van der Waals surface area contributed by atoms with Crippen molar-refractivity contribution in [2.24, 2.45) is 0 Å². The van der Waals surface area contributed by atoms with Crippen LogP contribution in [0.3, 0.4) is 0 Å². The Morgan fingerprint density at radius 1 is 1.08 bits per heavy atom. The average Bonchev–Trinajstić information content (AvgIpc) is 2.57. The second kappa shape index (κ2) is 11.0. The Kier molecular flexibility index (Phi) is 9.35.